The summed E-state index contributed by atoms with van der Waals surface area (Å²) in [6.07, 6.45) is 9.36. The van der Waals surface area contributed by atoms with E-state index in [9.17, 15) is 9.59 Å². The Kier molecular flexibility index (Phi) is 3.02. The van der Waals surface area contributed by atoms with Gasteiger partial charge < -0.3 is 0 Å². The van der Waals surface area contributed by atoms with Gasteiger partial charge in [-0.1, -0.05) is 20.8 Å². The minimum absolute atomic E-state index is 0.0181. The first kappa shape index (κ1) is 14.9. The van der Waals surface area contributed by atoms with E-state index in [-0.39, 0.29) is 10.8 Å². The molecule has 2 heteroatoms. The van der Waals surface area contributed by atoms with Gasteiger partial charge in [-0.2, -0.15) is 0 Å². The maximum Gasteiger partial charge on any atom is 0.139 e. The molecule has 0 unspecified atom stereocenters. The molecule has 122 valence electrons. The van der Waals surface area contributed by atoms with Gasteiger partial charge in [0.15, 0.2) is 0 Å². The Hall–Kier alpha value is -0.660. The third-order valence-corrected chi connectivity index (χ3v) is 8.88. The number of Topliss-reactive ketones (excluding diaryl/α,β-unsaturated/α-hetero) is 2. The van der Waals surface area contributed by atoms with E-state index >= 15 is 0 Å². The van der Waals surface area contributed by atoms with E-state index in [0.29, 0.717) is 22.9 Å². The fourth-order valence-corrected chi connectivity index (χ4v) is 7.17. The first-order valence-corrected chi connectivity index (χ1v) is 9.35. The second kappa shape index (κ2) is 4.45. The average molecular weight is 302 g/mol. The van der Waals surface area contributed by atoms with Crippen LogP contribution in [0.2, 0.25) is 0 Å². The molecule has 0 saturated heterocycles. The molecule has 4 fully saturated rings. The zero-order valence-corrected chi connectivity index (χ0v) is 14.4. The quantitative estimate of drug-likeness (QED) is 0.657. The highest BCUT2D eigenvalue weighted by Gasteiger charge is 2.63. The maximum atomic E-state index is 12.4. The zero-order chi connectivity index (χ0) is 15.8. The van der Waals surface area contributed by atoms with E-state index in [1.165, 1.54) is 19.3 Å². The third kappa shape index (κ3) is 1.67. The molecule has 0 aromatic carbocycles. The Morgan fingerprint density at radius 1 is 0.864 bits per heavy atom. The molecule has 6 atom stereocenters. The topological polar surface area (TPSA) is 34.1 Å². The summed E-state index contributed by atoms with van der Waals surface area (Å²) in [5, 5.41) is 0. The molecule has 0 N–H and O–H groups in total. The summed E-state index contributed by atoms with van der Waals surface area (Å²) in [6, 6.07) is 0. The molecule has 0 aromatic heterocycles. The molecule has 4 aliphatic carbocycles. The highest BCUT2D eigenvalue weighted by Crippen LogP contribution is 2.68. The highest BCUT2D eigenvalue weighted by molar-refractivity contribution is 5.87. The van der Waals surface area contributed by atoms with Crippen molar-refractivity contribution in [3.8, 4) is 0 Å². The van der Waals surface area contributed by atoms with Crippen LogP contribution in [0.25, 0.3) is 0 Å². The van der Waals surface area contributed by atoms with Crippen LogP contribution in [0.3, 0.4) is 0 Å². The lowest BCUT2D eigenvalue weighted by atomic mass is 9.41. The number of rotatable bonds is 0. The van der Waals surface area contributed by atoms with Crippen molar-refractivity contribution < 1.29 is 9.59 Å². The van der Waals surface area contributed by atoms with E-state index in [4.69, 9.17) is 0 Å². The summed E-state index contributed by atoms with van der Waals surface area (Å²) in [7, 11) is 0. The van der Waals surface area contributed by atoms with Crippen molar-refractivity contribution in [1.82, 2.24) is 0 Å². The molecule has 0 bridgehead atoms. The molecule has 0 aromatic rings. The Balaban J connectivity index is 1.69. The average Bonchev–Trinajstić information content (AvgIpc) is 2.76. The first-order valence-electron chi connectivity index (χ1n) is 9.35. The molecular formula is C20H30O2. The predicted octanol–water partition coefficient (Wildman–Crippen LogP) is 4.56. The van der Waals surface area contributed by atoms with Crippen LogP contribution < -0.4 is 0 Å². The van der Waals surface area contributed by atoms with E-state index in [1.54, 1.807) is 0 Å². The maximum absolute atomic E-state index is 12.4. The van der Waals surface area contributed by atoms with E-state index in [1.807, 2.05) is 0 Å². The van der Waals surface area contributed by atoms with Gasteiger partial charge in [-0.3, -0.25) is 9.59 Å². The molecule has 4 rings (SSSR count). The Morgan fingerprint density at radius 2 is 1.64 bits per heavy atom. The van der Waals surface area contributed by atoms with E-state index in [0.717, 1.165) is 50.4 Å². The highest BCUT2D eigenvalue weighted by atomic mass is 16.1. The lowest BCUT2D eigenvalue weighted by Gasteiger charge is -2.63. The molecular weight excluding hydrogens is 272 g/mol. The molecule has 0 radical (unpaired) electrons. The zero-order valence-electron chi connectivity index (χ0n) is 14.4. The Bertz CT molecular complexity index is 538. The predicted molar refractivity (Wildman–Crippen MR) is 86.4 cm³/mol. The summed E-state index contributed by atoms with van der Waals surface area (Å²) in [5.41, 5.74) is 0.506. The molecule has 0 heterocycles. The van der Waals surface area contributed by atoms with Gasteiger partial charge in [0.25, 0.3) is 0 Å². The van der Waals surface area contributed by atoms with Crippen LogP contribution in [-0.4, -0.2) is 11.6 Å². The lowest BCUT2D eigenvalue weighted by Crippen LogP contribution is -2.57. The summed E-state index contributed by atoms with van der Waals surface area (Å²) in [6.45, 7) is 7.12. The number of ketones is 2. The summed E-state index contributed by atoms with van der Waals surface area (Å²) in [4.78, 5) is 24.5. The normalized spacial score (nSPS) is 54.6. The van der Waals surface area contributed by atoms with Crippen LogP contribution in [0, 0.1) is 34.0 Å². The van der Waals surface area contributed by atoms with Gasteiger partial charge in [-0.25, -0.2) is 0 Å². The van der Waals surface area contributed by atoms with Gasteiger partial charge in [0.2, 0.25) is 0 Å². The van der Waals surface area contributed by atoms with Crippen molar-refractivity contribution in [2.45, 2.75) is 78.6 Å². The van der Waals surface area contributed by atoms with Crippen molar-refractivity contribution in [3.05, 3.63) is 0 Å². The van der Waals surface area contributed by atoms with E-state index in [2.05, 4.69) is 20.8 Å². The summed E-state index contributed by atoms with van der Waals surface area (Å²) in [5.74, 6) is 3.11. The molecule has 0 aliphatic heterocycles. The number of hydrogen-bond donors (Lipinski definition) is 0. The first-order chi connectivity index (χ1) is 10.3. The van der Waals surface area contributed by atoms with Crippen LogP contribution >= 0.6 is 0 Å². The molecule has 2 nitrogen and oxygen atoms in total. The van der Waals surface area contributed by atoms with Gasteiger partial charge in [0, 0.05) is 24.7 Å². The van der Waals surface area contributed by atoms with Crippen molar-refractivity contribution in [2.75, 3.05) is 0 Å². The molecule has 0 spiro atoms. The van der Waals surface area contributed by atoms with Crippen molar-refractivity contribution >= 4 is 11.6 Å². The lowest BCUT2D eigenvalue weighted by molar-refractivity contribution is -0.163. The second-order valence-electron chi connectivity index (χ2n) is 9.53. The third-order valence-electron chi connectivity index (χ3n) is 8.88. The van der Waals surface area contributed by atoms with Crippen molar-refractivity contribution in [3.63, 3.8) is 0 Å². The van der Waals surface area contributed by atoms with Gasteiger partial charge >= 0.3 is 0 Å². The standard InChI is InChI=1S/C20H30O2/c1-18-9-7-14-15-4-5-17(22)19(15,2)10-8-16(14)20(18,3)11-6-13(21)12-18/h14-16H,4-12H2,1-3H3/t14-,15-,16-,18-,19-,20+/m0/s1. The SMILES string of the molecule is C[C@@]12CC[C@H]3[C@@H]4CCC(=O)[C@@]4(C)CC[C@@H]3[C@@]1(C)CCC(=O)C2. The number of carbonyl (C=O) groups is 2. The van der Waals surface area contributed by atoms with Gasteiger partial charge in [-0.15, -0.1) is 0 Å². The smallest absolute Gasteiger partial charge is 0.139 e. The van der Waals surface area contributed by atoms with Crippen LogP contribution in [-0.2, 0) is 9.59 Å². The Morgan fingerprint density at radius 3 is 2.41 bits per heavy atom. The second-order valence-corrected chi connectivity index (χ2v) is 9.53. The van der Waals surface area contributed by atoms with Crippen molar-refractivity contribution in [1.29, 1.82) is 0 Å². The van der Waals surface area contributed by atoms with Gasteiger partial charge in [0.1, 0.15) is 11.6 Å². The summed E-state index contributed by atoms with van der Waals surface area (Å²) < 4.78 is 0. The molecule has 4 aliphatic rings. The van der Waals surface area contributed by atoms with Crippen LogP contribution in [0.1, 0.15) is 78.6 Å². The Labute approximate surface area is 134 Å². The fourth-order valence-electron chi connectivity index (χ4n) is 7.17. The van der Waals surface area contributed by atoms with Crippen LogP contribution in [0.15, 0.2) is 0 Å². The van der Waals surface area contributed by atoms with Crippen molar-refractivity contribution in [2.24, 2.45) is 34.0 Å². The monoisotopic (exact) mass is 302 g/mol. The number of hydrogen-bond acceptors (Lipinski definition) is 2. The fraction of sp³-hybridized carbons (Fsp3) is 0.900. The van der Waals surface area contributed by atoms with Gasteiger partial charge in [0.05, 0.1) is 0 Å². The van der Waals surface area contributed by atoms with Crippen LogP contribution in [0.4, 0.5) is 0 Å². The van der Waals surface area contributed by atoms with E-state index < -0.39 is 0 Å². The molecule has 4 saturated carbocycles. The molecule has 22 heavy (non-hydrogen) atoms. The minimum Gasteiger partial charge on any atom is -0.300 e. The van der Waals surface area contributed by atoms with Gasteiger partial charge in [-0.05, 0) is 67.1 Å². The number of carbonyl (C=O) groups excluding carboxylic acids is 2. The van der Waals surface area contributed by atoms with Crippen LogP contribution in [0.5, 0.6) is 0 Å². The largest absolute Gasteiger partial charge is 0.300 e. The molecule has 0 amide bonds. The minimum atomic E-state index is -0.0181. The summed E-state index contributed by atoms with van der Waals surface area (Å²) >= 11 is 0. The number of fused-ring (bicyclic) bond motifs is 5.